The number of hydrogen-bond donors (Lipinski definition) is 1. The van der Waals surface area contributed by atoms with Crippen molar-refractivity contribution in [1.29, 1.82) is 0 Å². The Kier molecular flexibility index (Phi) is 4.31. The second-order valence-corrected chi connectivity index (χ2v) is 5.69. The molecule has 1 aromatic carbocycles. The third-order valence-corrected chi connectivity index (χ3v) is 4.38. The first-order chi connectivity index (χ1) is 8.16. The fraction of sp³-hybridized carbons (Fsp3) is 0.231. The van der Waals surface area contributed by atoms with Crippen LogP contribution >= 0.6 is 27.3 Å². The fourth-order valence-corrected chi connectivity index (χ4v) is 2.82. The molecule has 1 unspecified atom stereocenters. The van der Waals surface area contributed by atoms with Gasteiger partial charge in [0.2, 0.25) is 0 Å². The first kappa shape index (κ1) is 12.7. The highest BCUT2D eigenvalue weighted by Crippen LogP contribution is 2.21. The minimum Gasteiger partial charge on any atom is -0.305 e. The first-order valence-electron chi connectivity index (χ1n) is 5.37. The van der Waals surface area contributed by atoms with Crippen molar-refractivity contribution in [3.63, 3.8) is 0 Å². The topological polar surface area (TPSA) is 12.0 Å². The Hall–Kier alpha value is -0.710. The lowest BCUT2D eigenvalue weighted by Crippen LogP contribution is -2.17. The van der Waals surface area contributed by atoms with E-state index >= 15 is 0 Å². The summed E-state index contributed by atoms with van der Waals surface area (Å²) in [6.07, 6.45) is 0. The SMILES string of the molecule is CC(NCc1ccc(F)cc1Br)c1cccs1. The molecule has 0 aliphatic carbocycles. The number of thiophene rings is 1. The number of halogens is 2. The molecule has 2 rings (SSSR count). The third kappa shape index (κ3) is 3.37. The molecule has 1 heterocycles. The van der Waals surface area contributed by atoms with Crippen molar-refractivity contribution in [1.82, 2.24) is 5.32 Å². The number of rotatable bonds is 4. The van der Waals surface area contributed by atoms with Gasteiger partial charge in [0.05, 0.1) is 0 Å². The highest BCUT2D eigenvalue weighted by molar-refractivity contribution is 9.10. The lowest BCUT2D eigenvalue weighted by atomic mass is 10.2. The number of hydrogen-bond acceptors (Lipinski definition) is 2. The van der Waals surface area contributed by atoms with Gasteiger partial charge in [-0.2, -0.15) is 0 Å². The van der Waals surface area contributed by atoms with Crippen molar-refractivity contribution in [2.75, 3.05) is 0 Å². The average molecular weight is 314 g/mol. The van der Waals surface area contributed by atoms with Gasteiger partial charge in [0.1, 0.15) is 5.82 Å². The number of nitrogens with one attached hydrogen (secondary N) is 1. The minimum absolute atomic E-state index is 0.216. The molecule has 1 aromatic heterocycles. The Morgan fingerprint density at radius 3 is 2.88 bits per heavy atom. The predicted octanol–water partition coefficient (Wildman–Crippen LogP) is 4.50. The zero-order valence-corrected chi connectivity index (χ0v) is 11.8. The van der Waals surface area contributed by atoms with Gasteiger partial charge in [-0.05, 0) is 36.1 Å². The predicted molar refractivity (Wildman–Crippen MR) is 73.7 cm³/mol. The van der Waals surface area contributed by atoms with E-state index in [-0.39, 0.29) is 5.82 Å². The molecule has 4 heteroatoms. The Balaban J connectivity index is 1.98. The van der Waals surface area contributed by atoms with Crippen molar-refractivity contribution < 1.29 is 4.39 Å². The quantitative estimate of drug-likeness (QED) is 0.876. The van der Waals surface area contributed by atoms with E-state index in [1.54, 1.807) is 17.4 Å². The van der Waals surface area contributed by atoms with Gasteiger partial charge >= 0.3 is 0 Å². The molecule has 1 atom stereocenters. The monoisotopic (exact) mass is 313 g/mol. The summed E-state index contributed by atoms with van der Waals surface area (Å²) in [4.78, 5) is 1.31. The minimum atomic E-state index is -0.216. The van der Waals surface area contributed by atoms with E-state index in [1.807, 2.05) is 6.07 Å². The van der Waals surface area contributed by atoms with Crippen molar-refractivity contribution >= 4 is 27.3 Å². The van der Waals surface area contributed by atoms with E-state index in [1.165, 1.54) is 17.0 Å². The largest absolute Gasteiger partial charge is 0.305 e. The summed E-state index contributed by atoms with van der Waals surface area (Å²) < 4.78 is 13.7. The standard InChI is InChI=1S/C13H13BrFNS/c1-9(13-3-2-6-17-13)16-8-10-4-5-11(15)7-12(10)14/h2-7,9,16H,8H2,1H3. The number of benzene rings is 1. The third-order valence-electron chi connectivity index (χ3n) is 2.58. The highest BCUT2D eigenvalue weighted by Gasteiger charge is 2.07. The molecule has 0 amide bonds. The van der Waals surface area contributed by atoms with Crippen LogP contribution in [0.5, 0.6) is 0 Å². The smallest absolute Gasteiger partial charge is 0.124 e. The molecular weight excluding hydrogens is 301 g/mol. The Morgan fingerprint density at radius 1 is 1.41 bits per heavy atom. The van der Waals surface area contributed by atoms with Crippen molar-refractivity contribution in [2.45, 2.75) is 19.5 Å². The normalized spacial score (nSPS) is 12.6. The molecule has 1 N–H and O–H groups in total. The fourth-order valence-electron chi connectivity index (χ4n) is 1.57. The molecule has 0 spiro atoms. The van der Waals surface area contributed by atoms with E-state index < -0.39 is 0 Å². The maximum absolute atomic E-state index is 12.9. The Morgan fingerprint density at radius 2 is 2.24 bits per heavy atom. The second-order valence-electron chi connectivity index (χ2n) is 3.85. The van der Waals surface area contributed by atoms with Crippen LogP contribution in [0.3, 0.4) is 0 Å². The zero-order valence-electron chi connectivity index (χ0n) is 9.41. The van der Waals surface area contributed by atoms with Gasteiger partial charge in [0, 0.05) is 21.9 Å². The van der Waals surface area contributed by atoms with Gasteiger partial charge in [0.15, 0.2) is 0 Å². The molecule has 1 nitrogen and oxygen atoms in total. The maximum atomic E-state index is 12.9. The summed E-state index contributed by atoms with van der Waals surface area (Å²) in [6.45, 7) is 2.85. The summed E-state index contributed by atoms with van der Waals surface area (Å²) >= 11 is 5.11. The lowest BCUT2D eigenvalue weighted by Gasteiger charge is -2.13. The summed E-state index contributed by atoms with van der Waals surface area (Å²) in [5.41, 5.74) is 1.06. The van der Waals surface area contributed by atoms with Crippen molar-refractivity contribution in [3.05, 3.63) is 56.4 Å². The van der Waals surface area contributed by atoms with Crippen LogP contribution in [-0.2, 0) is 6.54 Å². The molecule has 0 radical (unpaired) electrons. The molecule has 2 aromatic rings. The van der Waals surface area contributed by atoms with Gasteiger partial charge in [0.25, 0.3) is 0 Å². The van der Waals surface area contributed by atoms with E-state index in [9.17, 15) is 4.39 Å². The summed E-state index contributed by atoms with van der Waals surface area (Å²) in [6, 6.07) is 9.25. The molecule has 17 heavy (non-hydrogen) atoms. The van der Waals surface area contributed by atoms with Gasteiger partial charge in [-0.25, -0.2) is 4.39 Å². The molecule has 0 saturated carbocycles. The molecular formula is C13H13BrFNS. The molecule has 0 saturated heterocycles. The molecule has 0 fully saturated rings. The molecule has 0 bridgehead atoms. The van der Waals surface area contributed by atoms with Crippen LogP contribution in [0.25, 0.3) is 0 Å². The Labute approximate surface area is 113 Å². The van der Waals surface area contributed by atoms with E-state index in [0.717, 1.165) is 16.6 Å². The summed E-state index contributed by atoms with van der Waals surface area (Å²) in [5.74, 6) is -0.216. The van der Waals surface area contributed by atoms with E-state index in [2.05, 4.69) is 39.6 Å². The van der Waals surface area contributed by atoms with Crippen LogP contribution in [0.4, 0.5) is 4.39 Å². The van der Waals surface area contributed by atoms with E-state index in [4.69, 9.17) is 0 Å². The molecule has 90 valence electrons. The van der Waals surface area contributed by atoms with Crippen LogP contribution in [0.2, 0.25) is 0 Å². The zero-order chi connectivity index (χ0) is 12.3. The lowest BCUT2D eigenvalue weighted by molar-refractivity contribution is 0.579. The second kappa shape index (κ2) is 5.76. The van der Waals surface area contributed by atoms with Crippen molar-refractivity contribution in [3.8, 4) is 0 Å². The van der Waals surface area contributed by atoms with Crippen LogP contribution in [0.15, 0.2) is 40.2 Å². The van der Waals surface area contributed by atoms with E-state index in [0.29, 0.717) is 6.04 Å². The van der Waals surface area contributed by atoms with Gasteiger partial charge in [-0.1, -0.05) is 28.1 Å². The van der Waals surface area contributed by atoms with Crippen LogP contribution < -0.4 is 5.32 Å². The molecule has 0 aliphatic rings. The molecule has 0 aliphatic heterocycles. The summed E-state index contributed by atoms with van der Waals surface area (Å²) in [7, 11) is 0. The Bertz CT molecular complexity index is 484. The van der Waals surface area contributed by atoms with Crippen LogP contribution in [-0.4, -0.2) is 0 Å². The van der Waals surface area contributed by atoms with Gasteiger partial charge in [-0.3, -0.25) is 0 Å². The van der Waals surface area contributed by atoms with Gasteiger partial charge < -0.3 is 5.32 Å². The maximum Gasteiger partial charge on any atom is 0.124 e. The van der Waals surface area contributed by atoms with Gasteiger partial charge in [-0.15, -0.1) is 11.3 Å². The van der Waals surface area contributed by atoms with Crippen molar-refractivity contribution in [2.24, 2.45) is 0 Å². The first-order valence-corrected chi connectivity index (χ1v) is 7.05. The highest BCUT2D eigenvalue weighted by atomic mass is 79.9. The van der Waals surface area contributed by atoms with Crippen LogP contribution in [0, 0.1) is 5.82 Å². The summed E-state index contributed by atoms with van der Waals surface area (Å²) in [5, 5.41) is 5.49. The average Bonchev–Trinajstić information content (AvgIpc) is 2.81. The van der Waals surface area contributed by atoms with Crippen LogP contribution in [0.1, 0.15) is 23.4 Å².